The summed E-state index contributed by atoms with van der Waals surface area (Å²) in [5, 5.41) is 8.93. The van der Waals surface area contributed by atoms with Crippen LogP contribution in [0.4, 0.5) is 0 Å². The molecule has 1 atom stereocenters. The van der Waals surface area contributed by atoms with Crippen LogP contribution >= 0.6 is 0 Å². The van der Waals surface area contributed by atoms with Crippen LogP contribution in [-0.4, -0.2) is 18.4 Å². The molecule has 1 rings (SSSR count). The van der Waals surface area contributed by atoms with E-state index in [0.29, 0.717) is 6.42 Å². The molecule has 1 unspecified atom stereocenters. The van der Waals surface area contributed by atoms with Gasteiger partial charge in [0.2, 0.25) is 0 Å². The Bertz CT molecular complexity index is 337. The van der Waals surface area contributed by atoms with Gasteiger partial charge in [-0.3, -0.25) is 0 Å². The normalized spacial score (nSPS) is 12.5. The topological polar surface area (TPSA) is 55.5 Å². The molecule has 0 saturated heterocycles. The van der Waals surface area contributed by atoms with Gasteiger partial charge in [-0.05, 0) is 49.8 Å². The first kappa shape index (κ1) is 14.0. The van der Waals surface area contributed by atoms with E-state index >= 15 is 0 Å². The quantitative estimate of drug-likeness (QED) is 0.565. The van der Waals surface area contributed by atoms with Gasteiger partial charge in [0, 0.05) is 0 Å². The van der Waals surface area contributed by atoms with Crippen LogP contribution in [-0.2, 0) is 6.42 Å². The molecule has 17 heavy (non-hydrogen) atoms. The molecular formula is C14H23NO2. The molecule has 0 heterocycles. The standard InChI is InChI=1S/C14H23NO2/c1-11-8-9-12(10-13(11)17-2)6-4-3-5-7-14(15)16/h8-10,14,16H,3-7,15H2,1-2H3. The van der Waals surface area contributed by atoms with Gasteiger partial charge in [-0.2, -0.15) is 0 Å². The summed E-state index contributed by atoms with van der Waals surface area (Å²) in [6.45, 7) is 2.05. The van der Waals surface area contributed by atoms with Crippen molar-refractivity contribution in [1.29, 1.82) is 0 Å². The second kappa shape index (κ2) is 7.30. The molecule has 1 aromatic rings. The molecule has 1 aromatic carbocycles. The number of hydrogen-bond donors (Lipinski definition) is 2. The average molecular weight is 237 g/mol. The van der Waals surface area contributed by atoms with Gasteiger partial charge in [0.25, 0.3) is 0 Å². The molecule has 0 aliphatic rings. The van der Waals surface area contributed by atoms with Gasteiger partial charge in [0.1, 0.15) is 12.0 Å². The number of aryl methyl sites for hydroxylation is 2. The van der Waals surface area contributed by atoms with E-state index in [0.717, 1.165) is 31.4 Å². The molecule has 3 nitrogen and oxygen atoms in total. The molecule has 3 N–H and O–H groups in total. The maximum atomic E-state index is 8.93. The fraction of sp³-hybridized carbons (Fsp3) is 0.571. The van der Waals surface area contributed by atoms with Crippen LogP contribution in [0, 0.1) is 6.92 Å². The van der Waals surface area contributed by atoms with E-state index < -0.39 is 6.23 Å². The van der Waals surface area contributed by atoms with Crippen molar-refractivity contribution >= 4 is 0 Å². The molecule has 3 heteroatoms. The number of methoxy groups -OCH3 is 1. The van der Waals surface area contributed by atoms with Crippen molar-refractivity contribution in [1.82, 2.24) is 0 Å². The van der Waals surface area contributed by atoms with Gasteiger partial charge in [0.05, 0.1) is 7.11 Å². The Hall–Kier alpha value is -1.06. The highest BCUT2D eigenvalue weighted by molar-refractivity contribution is 5.36. The largest absolute Gasteiger partial charge is 0.496 e. The Morgan fingerprint density at radius 1 is 1.29 bits per heavy atom. The molecular weight excluding hydrogens is 214 g/mol. The molecule has 0 aliphatic carbocycles. The second-order valence-corrected chi connectivity index (χ2v) is 4.47. The number of unbranched alkanes of at least 4 members (excludes halogenated alkanes) is 2. The van der Waals surface area contributed by atoms with Crippen LogP contribution in [0.5, 0.6) is 5.75 Å². The van der Waals surface area contributed by atoms with Crippen molar-refractivity contribution < 1.29 is 9.84 Å². The van der Waals surface area contributed by atoms with Crippen LogP contribution < -0.4 is 10.5 Å². The average Bonchev–Trinajstić information content (AvgIpc) is 2.30. The molecule has 0 aromatic heterocycles. The Morgan fingerprint density at radius 2 is 2.06 bits per heavy atom. The minimum Gasteiger partial charge on any atom is -0.496 e. The first-order chi connectivity index (χ1) is 8.13. The Kier molecular flexibility index (Phi) is 6.01. The third-order valence-corrected chi connectivity index (χ3v) is 2.94. The molecule has 0 fully saturated rings. The van der Waals surface area contributed by atoms with Crippen molar-refractivity contribution in [2.45, 2.75) is 45.3 Å². The third kappa shape index (κ3) is 5.20. The lowest BCUT2D eigenvalue weighted by Gasteiger charge is -2.08. The SMILES string of the molecule is COc1cc(CCCCCC(N)O)ccc1C. The zero-order valence-corrected chi connectivity index (χ0v) is 10.8. The van der Waals surface area contributed by atoms with Crippen molar-refractivity contribution in [3.05, 3.63) is 29.3 Å². The minimum absolute atomic E-state index is 0.658. The zero-order chi connectivity index (χ0) is 12.7. The summed E-state index contributed by atoms with van der Waals surface area (Å²) in [5.41, 5.74) is 7.75. The van der Waals surface area contributed by atoms with E-state index in [9.17, 15) is 0 Å². The van der Waals surface area contributed by atoms with Crippen LogP contribution in [0.15, 0.2) is 18.2 Å². The van der Waals surface area contributed by atoms with Gasteiger partial charge in [-0.1, -0.05) is 18.6 Å². The van der Waals surface area contributed by atoms with Crippen LogP contribution in [0.1, 0.15) is 36.8 Å². The van der Waals surface area contributed by atoms with Gasteiger partial charge in [-0.15, -0.1) is 0 Å². The summed E-state index contributed by atoms with van der Waals surface area (Å²) in [6.07, 6.45) is 4.30. The first-order valence-corrected chi connectivity index (χ1v) is 6.20. The highest BCUT2D eigenvalue weighted by atomic mass is 16.5. The number of benzene rings is 1. The van der Waals surface area contributed by atoms with E-state index in [-0.39, 0.29) is 0 Å². The number of ether oxygens (including phenoxy) is 1. The van der Waals surface area contributed by atoms with Crippen LogP contribution in [0.2, 0.25) is 0 Å². The molecule has 0 bridgehead atoms. The lowest BCUT2D eigenvalue weighted by Crippen LogP contribution is -2.17. The van der Waals surface area contributed by atoms with Crippen LogP contribution in [0.25, 0.3) is 0 Å². The van der Waals surface area contributed by atoms with Crippen molar-refractivity contribution in [2.75, 3.05) is 7.11 Å². The fourth-order valence-electron chi connectivity index (χ4n) is 1.88. The van der Waals surface area contributed by atoms with E-state index in [2.05, 4.69) is 18.2 Å². The summed E-state index contributed by atoms with van der Waals surface area (Å²) in [6, 6.07) is 6.35. The number of hydrogen-bond acceptors (Lipinski definition) is 3. The van der Waals surface area contributed by atoms with Gasteiger partial charge >= 0.3 is 0 Å². The number of aliphatic hydroxyl groups excluding tert-OH is 1. The third-order valence-electron chi connectivity index (χ3n) is 2.94. The summed E-state index contributed by atoms with van der Waals surface area (Å²) in [5.74, 6) is 0.958. The second-order valence-electron chi connectivity index (χ2n) is 4.47. The van der Waals surface area contributed by atoms with E-state index in [4.69, 9.17) is 15.6 Å². The Labute approximate surface area is 104 Å². The molecule has 0 aliphatic heterocycles. The maximum Gasteiger partial charge on any atom is 0.122 e. The molecule has 96 valence electrons. The number of aliphatic hydroxyl groups is 1. The van der Waals surface area contributed by atoms with Crippen LogP contribution in [0.3, 0.4) is 0 Å². The van der Waals surface area contributed by atoms with Gasteiger partial charge in [0.15, 0.2) is 0 Å². The number of rotatable bonds is 7. The van der Waals surface area contributed by atoms with Crippen molar-refractivity contribution in [3.63, 3.8) is 0 Å². The van der Waals surface area contributed by atoms with E-state index in [1.54, 1.807) is 7.11 Å². The molecule has 0 radical (unpaired) electrons. The Balaban J connectivity index is 2.32. The van der Waals surface area contributed by atoms with E-state index in [1.807, 2.05) is 6.92 Å². The highest BCUT2D eigenvalue weighted by Crippen LogP contribution is 2.20. The molecule has 0 saturated carbocycles. The minimum atomic E-state index is -0.658. The van der Waals surface area contributed by atoms with E-state index in [1.165, 1.54) is 11.1 Å². The molecule has 0 amide bonds. The van der Waals surface area contributed by atoms with Crippen molar-refractivity contribution in [2.24, 2.45) is 5.73 Å². The summed E-state index contributed by atoms with van der Waals surface area (Å²) in [4.78, 5) is 0. The lowest BCUT2D eigenvalue weighted by atomic mass is 10.0. The number of nitrogens with two attached hydrogens (primary N) is 1. The summed E-state index contributed by atoms with van der Waals surface area (Å²) in [7, 11) is 1.70. The predicted octanol–water partition coefficient (Wildman–Crippen LogP) is 2.38. The smallest absolute Gasteiger partial charge is 0.122 e. The molecule has 0 spiro atoms. The fourth-order valence-corrected chi connectivity index (χ4v) is 1.88. The predicted molar refractivity (Wildman–Crippen MR) is 70.1 cm³/mol. The summed E-state index contributed by atoms with van der Waals surface area (Å²) < 4.78 is 5.29. The van der Waals surface area contributed by atoms with Gasteiger partial charge in [-0.25, -0.2) is 0 Å². The summed E-state index contributed by atoms with van der Waals surface area (Å²) >= 11 is 0. The Morgan fingerprint density at radius 3 is 2.71 bits per heavy atom. The monoisotopic (exact) mass is 237 g/mol. The maximum absolute atomic E-state index is 8.93. The van der Waals surface area contributed by atoms with Crippen molar-refractivity contribution in [3.8, 4) is 5.75 Å². The highest BCUT2D eigenvalue weighted by Gasteiger charge is 2.01. The zero-order valence-electron chi connectivity index (χ0n) is 10.8. The van der Waals surface area contributed by atoms with Gasteiger partial charge < -0.3 is 15.6 Å². The lowest BCUT2D eigenvalue weighted by molar-refractivity contribution is 0.168. The first-order valence-electron chi connectivity index (χ1n) is 6.20.